The van der Waals surface area contributed by atoms with Crippen molar-refractivity contribution in [2.75, 3.05) is 5.75 Å². The minimum atomic E-state index is 0.810. The third-order valence-corrected chi connectivity index (χ3v) is 2.82. The van der Waals surface area contributed by atoms with Gasteiger partial charge in [0.2, 0.25) is 0 Å². The number of thioether (sulfide) groups is 1. The summed E-state index contributed by atoms with van der Waals surface area (Å²) in [5, 5.41) is 8.81. The van der Waals surface area contributed by atoms with Crippen LogP contribution in [0.3, 0.4) is 0 Å². The molecule has 12 heavy (non-hydrogen) atoms. The van der Waals surface area contributed by atoms with Crippen LogP contribution in [0, 0.1) is 0 Å². The molecular formula is C9H9NOS. The van der Waals surface area contributed by atoms with Crippen LogP contribution in [0.2, 0.25) is 0 Å². The summed E-state index contributed by atoms with van der Waals surface area (Å²) in [5.41, 5.74) is 4.10. The van der Waals surface area contributed by atoms with Crippen molar-refractivity contribution in [1.29, 1.82) is 0 Å². The van der Waals surface area contributed by atoms with Crippen LogP contribution in [-0.4, -0.2) is 11.0 Å². The molecule has 0 saturated carbocycles. The average Bonchev–Trinajstić information content (AvgIpc) is 2.17. The van der Waals surface area contributed by atoms with Gasteiger partial charge in [0.1, 0.15) is 0 Å². The number of rotatable bonds is 1. The molecular weight excluding hydrogens is 170 g/mol. The van der Waals surface area contributed by atoms with Gasteiger partial charge in [-0.3, -0.25) is 10.7 Å². The van der Waals surface area contributed by atoms with Gasteiger partial charge in [-0.05, 0) is 12.1 Å². The quantitative estimate of drug-likeness (QED) is 0.648. The fourth-order valence-corrected chi connectivity index (χ4v) is 2.18. The van der Waals surface area contributed by atoms with Crippen molar-refractivity contribution >= 4 is 17.5 Å². The number of hydroxylamine groups is 1. The summed E-state index contributed by atoms with van der Waals surface area (Å²) in [6.45, 7) is 0. The smallest absolute Gasteiger partial charge is 0.0654 e. The van der Waals surface area contributed by atoms with Gasteiger partial charge in [-0.15, -0.1) is 11.8 Å². The first kappa shape index (κ1) is 7.71. The molecule has 62 valence electrons. The Bertz CT molecular complexity index is 322. The summed E-state index contributed by atoms with van der Waals surface area (Å²) in [6.07, 6.45) is 1.98. The highest BCUT2D eigenvalue weighted by molar-refractivity contribution is 7.99. The Kier molecular flexibility index (Phi) is 2.06. The molecule has 0 spiro atoms. The van der Waals surface area contributed by atoms with Gasteiger partial charge in [0, 0.05) is 16.2 Å². The topological polar surface area (TPSA) is 32.3 Å². The van der Waals surface area contributed by atoms with Crippen molar-refractivity contribution in [2.24, 2.45) is 0 Å². The maximum atomic E-state index is 8.81. The summed E-state index contributed by atoms with van der Waals surface area (Å²) in [5.74, 6) is 0.917. The van der Waals surface area contributed by atoms with Crippen molar-refractivity contribution in [1.82, 2.24) is 5.48 Å². The fourth-order valence-electron chi connectivity index (χ4n) is 1.25. The molecule has 2 rings (SSSR count). The van der Waals surface area contributed by atoms with E-state index >= 15 is 0 Å². The first-order chi connectivity index (χ1) is 5.92. The van der Waals surface area contributed by atoms with Crippen molar-refractivity contribution in [3.8, 4) is 0 Å². The molecule has 1 aliphatic rings. The zero-order valence-electron chi connectivity index (χ0n) is 6.45. The monoisotopic (exact) mass is 179 g/mol. The van der Waals surface area contributed by atoms with Crippen molar-refractivity contribution in [3.05, 3.63) is 35.9 Å². The lowest BCUT2D eigenvalue weighted by molar-refractivity contribution is 0.224. The zero-order chi connectivity index (χ0) is 8.39. The lowest BCUT2D eigenvalue weighted by Gasteiger charge is -2.15. The number of hydrogen-bond acceptors (Lipinski definition) is 3. The van der Waals surface area contributed by atoms with E-state index in [1.54, 1.807) is 11.8 Å². The Hall–Kier alpha value is -0.930. The minimum absolute atomic E-state index is 0.810. The minimum Gasteiger partial charge on any atom is -0.291 e. The molecule has 2 nitrogen and oxygen atoms in total. The van der Waals surface area contributed by atoms with Crippen LogP contribution in [0.4, 0.5) is 0 Å². The predicted octanol–water partition coefficient (Wildman–Crippen LogP) is 2.11. The van der Waals surface area contributed by atoms with E-state index in [0.717, 1.165) is 17.0 Å². The fraction of sp³-hybridized carbons (Fsp3) is 0.111. The lowest BCUT2D eigenvalue weighted by Crippen LogP contribution is -2.09. The summed E-state index contributed by atoms with van der Waals surface area (Å²) < 4.78 is 0. The number of fused-ring (bicyclic) bond motifs is 1. The van der Waals surface area contributed by atoms with Crippen LogP contribution < -0.4 is 5.48 Å². The molecule has 0 amide bonds. The molecule has 1 aromatic carbocycles. The Labute approximate surface area is 75.3 Å². The molecule has 1 aromatic rings. The first-order valence-corrected chi connectivity index (χ1v) is 4.73. The molecule has 1 heterocycles. The van der Waals surface area contributed by atoms with E-state index in [1.807, 2.05) is 24.3 Å². The number of hydrogen-bond donors (Lipinski definition) is 2. The van der Waals surface area contributed by atoms with E-state index in [-0.39, 0.29) is 0 Å². The van der Waals surface area contributed by atoms with Gasteiger partial charge in [0.15, 0.2) is 0 Å². The van der Waals surface area contributed by atoms with E-state index in [2.05, 4.69) is 11.5 Å². The molecule has 0 atom stereocenters. The molecule has 0 bridgehead atoms. The van der Waals surface area contributed by atoms with Crippen molar-refractivity contribution in [3.63, 3.8) is 0 Å². The number of benzene rings is 1. The Morgan fingerprint density at radius 3 is 3.00 bits per heavy atom. The van der Waals surface area contributed by atoms with E-state index in [9.17, 15) is 0 Å². The van der Waals surface area contributed by atoms with Gasteiger partial charge >= 0.3 is 0 Å². The molecule has 0 aliphatic carbocycles. The second-order valence-corrected chi connectivity index (χ2v) is 3.60. The normalized spacial score (nSPS) is 14.9. The molecule has 0 saturated heterocycles. The van der Waals surface area contributed by atoms with Crippen LogP contribution in [0.1, 0.15) is 5.56 Å². The Morgan fingerprint density at radius 2 is 2.17 bits per heavy atom. The van der Waals surface area contributed by atoms with E-state index in [1.165, 1.54) is 4.90 Å². The van der Waals surface area contributed by atoms with Crippen molar-refractivity contribution in [2.45, 2.75) is 4.90 Å². The lowest BCUT2D eigenvalue weighted by atomic mass is 10.1. The zero-order valence-corrected chi connectivity index (χ0v) is 7.27. The summed E-state index contributed by atoms with van der Waals surface area (Å²) >= 11 is 1.78. The standard InChI is InChI=1S/C9H9NOS/c11-10-8-5-6-12-9-4-2-1-3-7(8)9/h1-5,10-11H,6H2. The van der Waals surface area contributed by atoms with Crippen LogP contribution >= 0.6 is 11.8 Å². The van der Waals surface area contributed by atoms with Gasteiger partial charge in [-0.2, -0.15) is 0 Å². The van der Waals surface area contributed by atoms with E-state index < -0.39 is 0 Å². The molecule has 3 heteroatoms. The summed E-state index contributed by atoms with van der Waals surface area (Å²) in [4.78, 5) is 1.22. The van der Waals surface area contributed by atoms with Gasteiger partial charge in [0.25, 0.3) is 0 Å². The van der Waals surface area contributed by atoms with Gasteiger partial charge < -0.3 is 0 Å². The largest absolute Gasteiger partial charge is 0.291 e. The molecule has 0 aromatic heterocycles. The highest BCUT2D eigenvalue weighted by atomic mass is 32.2. The Morgan fingerprint density at radius 1 is 1.33 bits per heavy atom. The third-order valence-electron chi connectivity index (χ3n) is 1.82. The van der Waals surface area contributed by atoms with Crippen LogP contribution in [-0.2, 0) is 0 Å². The average molecular weight is 179 g/mol. The van der Waals surface area contributed by atoms with E-state index in [4.69, 9.17) is 5.21 Å². The highest BCUT2D eigenvalue weighted by Crippen LogP contribution is 2.31. The first-order valence-electron chi connectivity index (χ1n) is 3.74. The Balaban J connectivity index is 2.48. The number of nitrogens with one attached hydrogen (secondary N) is 1. The highest BCUT2D eigenvalue weighted by Gasteiger charge is 2.10. The summed E-state index contributed by atoms with van der Waals surface area (Å²) in [7, 11) is 0. The van der Waals surface area contributed by atoms with Crippen molar-refractivity contribution < 1.29 is 5.21 Å². The second-order valence-electron chi connectivity index (χ2n) is 2.54. The predicted molar refractivity (Wildman–Crippen MR) is 50.1 cm³/mol. The molecule has 0 unspecified atom stereocenters. The molecule has 0 fully saturated rings. The molecule has 1 aliphatic heterocycles. The molecule has 0 radical (unpaired) electrons. The van der Waals surface area contributed by atoms with Gasteiger partial charge in [0.05, 0.1) is 5.70 Å². The van der Waals surface area contributed by atoms with Crippen LogP contribution in [0.25, 0.3) is 5.70 Å². The van der Waals surface area contributed by atoms with Crippen LogP contribution in [0.15, 0.2) is 35.2 Å². The maximum Gasteiger partial charge on any atom is 0.0654 e. The van der Waals surface area contributed by atoms with Crippen LogP contribution in [0.5, 0.6) is 0 Å². The second kappa shape index (κ2) is 3.21. The maximum absolute atomic E-state index is 8.81. The molecule has 2 N–H and O–H groups in total. The van der Waals surface area contributed by atoms with Gasteiger partial charge in [-0.1, -0.05) is 18.2 Å². The third kappa shape index (κ3) is 1.21. The summed E-state index contributed by atoms with van der Waals surface area (Å²) in [6, 6.07) is 8.03. The SMILES string of the molecule is ONC1=CCSc2ccccc21. The van der Waals surface area contributed by atoms with E-state index in [0.29, 0.717) is 0 Å². The van der Waals surface area contributed by atoms with Gasteiger partial charge in [-0.25, -0.2) is 0 Å².